The summed E-state index contributed by atoms with van der Waals surface area (Å²) < 4.78 is 0. The molecule has 1 N–H and O–H groups in total. The highest BCUT2D eigenvalue weighted by molar-refractivity contribution is 6.30. The maximum Gasteiger partial charge on any atom is 0.131 e. The average Bonchev–Trinajstić information content (AvgIpc) is 2.38. The zero-order valence-electron chi connectivity index (χ0n) is 10.1. The molecule has 4 nitrogen and oxygen atoms in total. The Kier molecular flexibility index (Phi) is 3.66. The molecule has 0 bridgehead atoms. The molecule has 0 amide bonds. The molecule has 0 saturated heterocycles. The third kappa shape index (κ3) is 3.01. The van der Waals surface area contributed by atoms with Crippen LogP contribution in [0.15, 0.2) is 30.3 Å². The minimum atomic E-state index is 0.464. The molecule has 92 valence electrons. The van der Waals surface area contributed by atoms with Crippen LogP contribution in [0.5, 0.6) is 0 Å². The number of halogens is 1. The SMILES string of the molecule is Cc1cc(C#N)cc(Nc2cc(Cl)ccc2C#N)n1. The van der Waals surface area contributed by atoms with Crippen molar-refractivity contribution in [3.8, 4) is 12.1 Å². The number of anilines is 2. The molecule has 0 atom stereocenters. The molecule has 0 spiro atoms. The van der Waals surface area contributed by atoms with Crippen LogP contribution in [0.3, 0.4) is 0 Å². The van der Waals surface area contributed by atoms with E-state index in [1.54, 1.807) is 37.3 Å². The molecule has 1 aromatic carbocycles. The van der Waals surface area contributed by atoms with Crippen LogP contribution in [0.4, 0.5) is 11.5 Å². The normalized spacial score (nSPS) is 9.47. The number of hydrogen-bond donors (Lipinski definition) is 1. The minimum absolute atomic E-state index is 0.464. The maximum absolute atomic E-state index is 9.04. The largest absolute Gasteiger partial charge is 0.339 e. The van der Waals surface area contributed by atoms with E-state index in [0.717, 1.165) is 5.69 Å². The predicted octanol–water partition coefficient (Wildman–Crippen LogP) is 3.53. The van der Waals surface area contributed by atoms with Gasteiger partial charge in [-0.3, -0.25) is 0 Å². The first kappa shape index (κ1) is 12.9. The summed E-state index contributed by atoms with van der Waals surface area (Å²) in [6.45, 7) is 1.80. The second-order valence-electron chi connectivity index (χ2n) is 3.92. The van der Waals surface area contributed by atoms with Gasteiger partial charge in [0.15, 0.2) is 0 Å². The number of pyridine rings is 1. The number of aryl methyl sites for hydroxylation is 1. The van der Waals surface area contributed by atoms with Gasteiger partial charge in [0.25, 0.3) is 0 Å². The Balaban J connectivity index is 2.42. The van der Waals surface area contributed by atoms with Crippen LogP contribution in [0, 0.1) is 29.6 Å². The first-order chi connectivity index (χ1) is 9.12. The van der Waals surface area contributed by atoms with Gasteiger partial charge in [-0.1, -0.05) is 11.6 Å². The highest BCUT2D eigenvalue weighted by Crippen LogP contribution is 2.24. The standard InChI is InChI=1S/C14H9ClN4/c1-9-4-10(7-16)5-14(18-9)19-13-6-12(15)3-2-11(13)8-17/h2-6H,1H3,(H,18,19). The lowest BCUT2D eigenvalue weighted by atomic mass is 10.2. The zero-order chi connectivity index (χ0) is 13.8. The van der Waals surface area contributed by atoms with Crippen LogP contribution in [0.25, 0.3) is 0 Å². The van der Waals surface area contributed by atoms with Crippen LogP contribution < -0.4 is 5.32 Å². The van der Waals surface area contributed by atoms with Crippen molar-refractivity contribution >= 4 is 23.1 Å². The zero-order valence-corrected chi connectivity index (χ0v) is 10.9. The number of nitrogens with zero attached hydrogens (tertiary/aromatic N) is 3. The smallest absolute Gasteiger partial charge is 0.131 e. The number of nitrogens with one attached hydrogen (secondary N) is 1. The van der Waals surface area contributed by atoms with Crippen LogP contribution >= 0.6 is 11.6 Å². The predicted molar refractivity (Wildman–Crippen MR) is 73.1 cm³/mol. The third-order valence-electron chi connectivity index (χ3n) is 2.45. The Labute approximate surface area is 115 Å². The van der Waals surface area contributed by atoms with E-state index in [1.165, 1.54) is 0 Å². The summed E-state index contributed by atoms with van der Waals surface area (Å²) in [4.78, 5) is 4.27. The van der Waals surface area contributed by atoms with E-state index in [9.17, 15) is 0 Å². The van der Waals surface area contributed by atoms with E-state index in [-0.39, 0.29) is 0 Å². The number of nitriles is 2. The van der Waals surface area contributed by atoms with Crippen LogP contribution in [0.1, 0.15) is 16.8 Å². The fraction of sp³-hybridized carbons (Fsp3) is 0.0714. The summed E-state index contributed by atoms with van der Waals surface area (Å²) >= 11 is 5.91. The Morgan fingerprint density at radius 2 is 1.95 bits per heavy atom. The van der Waals surface area contributed by atoms with E-state index in [4.69, 9.17) is 22.1 Å². The highest BCUT2D eigenvalue weighted by Gasteiger charge is 2.05. The van der Waals surface area contributed by atoms with Crippen molar-refractivity contribution in [1.29, 1.82) is 10.5 Å². The van der Waals surface area contributed by atoms with Gasteiger partial charge < -0.3 is 5.32 Å². The van der Waals surface area contributed by atoms with Gasteiger partial charge in [-0.15, -0.1) is 0 Å². The molecule has 19 heavy (non-hydrogen) atoms. The second-order valence-corrected chi connectivity index (χ2v) is 4.36. The van der Waals surface area contributed by atoms with Crippen molar-refractivity contribution in [2.24, 2.45) is 0 Å². The molecule has 0 saturated carbocycles. The van der Waals surface area contributed by atoms with E-state index in [1.807, 2.05) is 0 Å². The number of hydrogen-bond acceptors (Lipinski definition) is 4. The summed E-state index contributed by atoms with van der Waals surface area (Å²) in [6, 6.07) is 12.4. The fourth-order valence-corrected chi connectivity index (χ4v) is 1.82. The van der Waals surface area contributed by atoms with Gasteiger partial charge in [-0.05, 0) is 37.3 Å². The van der Waals surface area contributed by atoms with Crippen LogP contribution in [0.2, 0.25) is 5.02 Å². The van der Waals surface area contributed by atoms with E-state index in [2.05, 4.69) is 22.4 Å². The van der Waals surface area contributed by atoms with E-state index >= 15 is 0 Å². The Hall–Kier alpha value is -2.56. The molecule has 0 radical (unpaired) electrons. The molecule has 2 aromatic rings. The van der Waals surface area contributed by atoms with Gasteiger partial charge in [-0.25, -0.2) is 4.98 Å². The molecule has 0 aliphatic heterocycles. The number of aromatic nitrogens is 1. The van der Waals surface area contributed by atoms with Crippen molar-refractivity contribution in [2.75, 3.05) is 5.32 Å². The van der Waals surface area contributed by atoms with Gasteiger partial charge in [0.2, 0.25) is 0 Å². The van der Waals surface area contributed by atoms with Gasteiger partial charge in [0.1, 0.15) is 11.9 Å². The number of benzene rings is 1. The first-order valence-corrected chi connectivity index (χ1v) is 5.85. The van der Waals surface area contributed by atoms with Gasteiger partial charge in [0.05, 0.1) is 22.9 Å². The molecule has 0 aliphatic carbocycles. The Bertz CT molecular complexity index is 710. The van der Waals surface area contributed by atoms with Crippen molar-refractivity contribution < 1.29 is 0 Å². The van der Waals surface area contributed by atoms with Crippen molar-refractivity contribution in [2.45, 2.75) is 6.92 Å². The van der Waals surface area contributed by atoms with Crippen molar-refractivity contribution in [3.05, 3.63) is 52.2 Å². The molecular weight excluding hydrogens is 260 g/mol. The summed E-state index contributed by atoms with van der Waals surface area (Å²) in [5, 5.41) is 21.5. The number of rotatable bonds is 2. The lowest BCUT2D eigenvalue weighted by molar-refractivity contribution is 1.19. The molecule has 0 fully saturated rings. The highest BCUT2D eigenvalue weighted by atomic mass is 35.5. The molecule has 0 aliphatic rings. The second kappa shape index (κ2) is 5.39. The summed E-state index contributed by atoms with van der Waals surface area (Å²) in [6.07, 6.45) is 0. The quantitative estimate of drug-likeness (QED) is 0.904. The van der Waals surface area contributed by atoms with Gasteiger partial charge in [-0.2, -0.15) is 10.5 Å². The monoisotopic (exact) mass is 268 g/mol. The minimum Gasteiger partial charge on any atom is -0.339 e. The topological polar surface area (TPSA) is 72.5 Å². The molecule has 1 heterocycles. The molecule has 1 aromatic heterocycles. The summed E-state index contributed by atoms with van der Waals surface area (Å²) in [5.74, 6) is 0.510. The van der Waals surface area contributed by atoms with Crippen LogP contribution in [-0.2, 0) is 0 Å². The molecule has 2 rings (SSSR count). The lowest BCUT2D eigenvalue weighted by Gasteiger charge is -2.09. The first-order valence-electron chi connectivity index (χ1n) is 5.48. The van der Waals surface area contributed by atoms with Crippen molar-refractivity contribution in [1.82, 2.24) is 4.98 Å². The fourth-order valence-electron chi connectivity index (χ4n) is 1.65. The van der Waals surface area contributed by atoms with E-state index in [0.29, 0.717) is 27.7 Å². The Morgan fingerprint density at radius 3 is 2.63 bits per heavy atom. The third-order valence-corrected chi connectivity index (χ3v) is 2.68. The van der Waals surface area contributed by atoms with Gasteiger partial charge in [0, 0.05) is 10.7 Å². The maximum atomic E-state index is 9.04. The average molecular weight is 269 g/mol. The van der Waals surface area contributed by atoms with E-state index < -0.39 is 0 Å². The summed E-state index contributed by atoms with van der Waals surface area (Å²) in [5.41, 5.74) is 2.26. The Morgan fingerprint density at radius 1 is 1.16 bits per heavy atom. The van der Waals surface area contributed by atoms with Crippen LogP contribution in [-0.4, -0.2) is 4.98 Å². The van der Waals surface area contributed by atoms with Gasteiger partial charge >= 0.3 is 0 Å². The lowest BCUT2D eigenvalue weighted by Crippen LogP contribution is -1.98. The molecule has 0 unspecified atom stereocenters. The molecule has 5 heteroatoms. The molecular formula is C14H9ClN4. The summed E-state index contributed by atoms with van der Waals surface area (Å²) in [7, 11) is 0. The van der Waals surface area contributed by atoms with Crippen molar-refractivity contribution in [3.63, 3.8) is 0 Å².